The fraction of sp³-hybridized carbons (Fsp3) is 0.533. The lowest BCUT2D eigenvalue weighted by Crippen LogP contribution is -2.35. The number of carbonyl (C=O) groups excluding carboxylic acids is 1. The zero-order valence-corrected chi connectivity index (χ0v) is 13.9. The van der Waals surface area contributed by atoms with E-state index in [1.807, 2.05) is 34.4 Å². The van der Waals surface area contributed by atoms with Crippen LogP contribution >= 0.6 is 22.6 Å². The average molecular weight is 377 g/mol. The highest BCUT2D eigenvalue weighted by atomic mass is 127. The maximum atomic E-state index is 13.1. The molecule has 0 saturated carbocycles. The summed E-state index contributed by atoms with van der Waals surface area (Å²) in [5.74, 6) is 0.227. The summed E-state index contributed by atoms with van der Waals surface area (Å²) in [5, 5.41) is 0. The second-order valence-corrected chi connectivity index (χ2v) is 5.81. The topological polar surface area (TPSA) is 20.3 Å². The Hall–Kier alpha value is -0.650. The van der Waals surface area contributed by atoms with E-state index in [-0.39, 0.29) is 11.7 Å². The molecule has 4 heteroatoms. The summed E-state index contributed by atoms with van der Waals surface area (Å²) in [5.41, 5.74) is 0.592. The number of hydrogen-bond donors (Lipinski definition) is 0. The molecule has 1 aromatic carbocycles. The first-order valence-electron chi connectivity index (χ1n) is 6.77. The fourth-order valence-electron chi connectivity index (χ4n) is 2.05. The highest BCUT2D eigenvalue weighted by molar-refractivity contribution is 14.1. The van der Waals surface area contributed by atoms with Crippen molar-refractivity contribution < 1.29 is 9.18 Å². The second-order valence-electron chi connectivity index (χ2n) is 4.65. The number of amides is 1. The van der Waals surface area contributed by atoms with E-state index in [0.717, 1.165) is 19.4 Å². The van der Waals surface area contributed by atoms with Gasteiger partial charge in [-0.15, -0.1) is 0 Å². The van der Waals surface area contributed by atoms with Crippen molar-refractivity contribution in [2.45, 2.75) is 33.6 Å². The van der Waals surface area contributed by atoms with Crippen molar-refractivity contribution in [3.8, 4) is 0 Å². The van der Waals surface area contributed by atoms with Crippen molar-refractivity contribution in [1.82, 2.24) is 4.90 Å². The molecule has 106 valence electrons. The van der Waals surface area contributed by atoms with Crippen LogP contribution in [-0.4, -0.2) is 23.9 Å². The largest absolute Gasteiger partial charge is 0.339 e. The number of carbonyl (C=O) groups is 1. The first kappa shape index (κ1) is 16.4. The van der Waals surface area contributed by atoms with Gasteiger partial charge in [0, 0.05) is 16.7 Å². The lowest BCUT2D eigenvalue weighted by molar-refractivity contribution is 0.0734. The monoisotopic (exact) mass is 377 g/mol. The van der Waals surface area contributed by atoms with Crippen LogP contribution in [0.4, 0.5) is 4.39 Å². The maximum absolute atomic E-state index is 13.1. The Morgan fingerprint density at radius 3 is 2.42 bits per heavy atom. The number of hydrogen-bond acceptors (Lipinski definition) is 1. The highest BCUT2D eigenvalue weighted by Crippen LogP contribution is 2.18. The van der Waals surface area contributed by atoms with Crippen molar-refractivity contribution in [3.63, 3.8) is 0 Å². The number of benzene rings is 1. The van der Waals surface area contributed by atoms with Crippen LogP contribution in [0.5, 0.6) is 0 Å². The number of rotatable bonds is 6. The van der Waals surface area contributed by atoms with Crippen LogP contribution in [0.3, 0.4) is 0 Å². The standard InChI is InChI=1S/C15H21FINO/c1-4-11(5-2)10-18(6-3)15(19)13-8-7-12(16)9-14(13)17/h7-9,11H,4-6,10H2,1-3H3. The van der Waals surface area contributed by atoms with Crippen LogP contribution in [0, 0.1) is 15.3 Å². The number of nitrogens with zero attached hydrogens (tertiary/aromatic N) is 1. The van der Waals surface area contributed by atoms with Crippen molar-refractivity contribution in [2.24, 2.45) is 5.92 Å². The van der Waals surface area contributed by atoms with Crippen molar-refractivity contribution in [1.29, 1.82) is 0 Å². The molecule has 1 amide bonds. The molecular formula is C15H21FINO. The van der Waals surface area contributed by atoms with E-state index in [4.69, 9.17) is 0 Å². The van der Waals surface area contributed by atoms with Crippen molar-refractivity contribution in [3.05, 3.63) is 33.1 Å². The Labute approximate surface area is 128 Å². The molecule has 0 aromatic heterocycles. The molecule has 2 nitrogen and oxygen atoms in total. The third-order valence-electron chi connectivity index (χ3n) is 3.46. The lowest BCUT2D eigenvalue weighted by atomic mass is 10.0. The van der Waals surface area contributed by atoms with Gasteiger partial charge in [0.05, 0.1) is 5.56 Å². The maximum Gasteiger partial charge on any atom is 0.254 e. The first-order valence-corrected chi connectivity index (χ1v) is 7.85. The molecule has 0 aliphatic rings. The Bertz CT molecular complexity index is 432. The molecule has 0 aliphatic heterocycles. The van der Waals surface area contributed by atoms with Crippen LogP contribution in [0.25, 0.3) is 0 Å². The Morgan fingerprint density at radius 1 is 1.32 bits per heavy atom. The SMILES string of the molecule is CCC(CC)CN(CC)C(=O)c1ccc(F)cc1I. The van der Waals surface area contributed by atoms with Gasteiger partial charge in [-0.2, -0.15) is 0 Å². The summed E-state index contributed by atoms with van der Waals surface area (Å²) in [6.07, 6.45) is 2.14. The van der Waals surface area contributed by atoms with Gasteiger partial charge in [0.25, 0.3) is 5.91 Å². The first-order chi connectivity index (χ1) is 9.03. The summed E-state index contributed by atoms with van der Waals surface area (Å²) in [4.78, 5) is 14.3. The quantitative estimate of drug-likeness (QED) is 0.676. The summed E-state index contributed by atoms with van der Waals surface area (Å²) < 4.78 is 13.8. The normalized spacial score (nSPS) is 10.8. The van der Waals surface area contributed by atoms with Crippen LogP contribution in [0.1, 0.15) is 44.0 Å². The van der Waals surface area contributed by atoms with Gasteiger partial charge in [-0.1, -0.05) is 26.7 Å². The molecule has 0 unspecified atom stereocenters. The Morgan fingerprint density at radius 2 is 1.95 bits per heavy atom. The zero-order chi connectivity index (χ0) is 14.4. The van der Waals surface area contributed by atoms with E-state index < -0.39 is 0 Å². The second kappa shape index (κ2) is 7.82. The van der Waals surface area contributed by atoms with Gasteiger partial charge in [-0.25, -0.2) is 4.39 Å². The van der Waals surface area contributed by atoms with Crippen LogP contribution in [-0.2, 0) is 0 Å². The minimum absolute atomic E-state index is 0.00111. The average Bonchev–Trinajstić information content (AvgIpc) is 2.39. The Balaban J connectivity index is 2.89. The number of halogens is 2. The predicted octanol–water partition coefficient (Wildman–Crippen LogP) is 4.33. The van der Waals surface area contributed by atoms with Crippen molar-refractivity contribution in [2.75, 3.05) is 13.1 Å². The molecule has 1 rings (SSSR count). The van der Waals surface area contributed by atoms with E-state index in [1.165, 1.54) is 12.1 Å². The molecule has 19 heavy (non-hydrogen) atoms. The van der Waals surface area contributed by atoms with E-state index in [0.29, 0.717) is 21.6 Å². The smallest absolute Gasteiger partial charge is 0.254 e. The zero-order valence-electron chi connectivity index (χ0n) is 11.7. The van der Waals surface area contributed by atoms with Crippen LogP contribution < -0.4 is 0 Å². The molecule has 1 aromatic rings. The molecule has 0 atom stereocenters. The molecule has 0 bridgehead atoms. The fourth-order valence-corrected chi connectivity index (χ4v) is 2.76. The van der Waals surface area contributed by atoms with Crippen LogP contribution in [0.15, 0.2) is 18.2 Å². The minimum atomic E-state index is -0.302. The molecular weight excluding hydrogens is 356 g/mol. The molecule has 0 fully saturated rings. The molecule has 0 spiro atoms. The molecule has 0 saturated heterocycles. The predicted molar refractivity (Wildman–Crippen MR) is 84.8 cm³/mol. The minimum Gasteiger partial charge on any atom is -0.339 e. The third-order valence-corrected chi connectivity index (χ3v) is 4.36. The van der Waals surface area contributed by atoms with E-state index >= 15 is 0 Å². The van der Waals surface area contributed by atoms with Gasteiger partial charge >= 0.3 is 0 Å². The summed E-state index contributed by atoms with van der Waals surface area (Å²) in [7, 11) is 0. The van der Waals surface area contributed by atoms with Crippen molar-refractivity contribution >= 4 is 28.5 Å². The molecule has 0 radical (unpaired) electrons. The van der Waals surface area contributed by atoms with Gasteiger partial charge in [0.1, 0.15) is 5.82 Å². The summed E-state index contributed by atoms with van der Waals surface area (Å²) >= 11 is 2.02. The lowest BCUT2D eigenvalue weighted by Gasteiger charge is -2.26. The van der Waals surface area contributed by atoms with E-state index in [1.54, 1.807) is 6.07 Å². The van der Waals surface area contributed by atoms with Gasteiger partial charge in [0.15, 0.2) is 0 Å². The van der Waals surface area contributed by atoms with Gasteiger partial charge < -0.3 is 4.90 Å². The third kappa shape index (κ3) is 4.44. The Kier molecular flexibility index (Phi) is 6.75. The summed E-state index contributed by atoms with van der Waals surface area (Å²) in [6, 6.07) is 4.33. The summed E-state index contributed by atoms with van der Waals surface area (Å²) in [6.45, 7) is 7.73. The molecule has 0 heterocycles. The van der Waals surface area contributed by atoms with E-state index in [2.05, 4.69) is 13.8 Å². The van der Waals surface area contributed by atoms with Gasteiger partial charge in [0.2, 0.25) is 0 Å². The van der Waals surface area contributed by atoms with Crippen LogP contribution in [0.2, 0.25) is 0 Å². The molecule has 0 N–H and O–H groups in total. The molecule has 0 aliphatic carbocycles. The van der Waals surface area contributed by atoms with Gasteiger partial charge in [-0.05, 0) is 53.6 Å². The van der Waals surface area contributed by atoms with E-state index in [9.17, 15) is 9.18 Å². The van der Waals surface area contributed by atoms with Gasteiger partial charge in [-0.3, -0.25) is 4.79 Å². The highest BCUT2D eigenvalue weighted by Gasteiger charge is 2.19.